The Balaban J connectivity index is 1.26. The zero-order valence-corrected chi connectivity index (χ0v) is 17.3. The van der Waals surface area contributed by atoms with E-state index in [0.29, 0.717) is 36.9 Å². The molecule has 0 radical (unpaired) electrons. The second-order valence-electron chi connectivity index (χ2n) is 7.71. The lowest BCUT2D eigenvalue weighted by molar-refractivity contribution is -0.137. The Hall–Kier alpha value is -2.36. The van der Waals surface area contributed by atoms with Gasteiger partial charge < -0.3 is 10.2 Å². The van der Waals surface area contributed by atoms with Gasteiger partial charge in [-0.3, -0.25) is 5.32 Å². The molecular weight excluding hydrogens is 415 g/mol. The second kappa shape index (κ2) is 8.79. The van der Waals surface area contributed by atoms with E-state index in [1.807, 2.05) is 4.90 Å². The van der Waals surface area contributed by atoms with Crippen LogP contribution in [-0.2, 0) is 19.0 Å². The van der Waals surface area contributed by atoms with Crippen molar-refractivity contribution in [2.24, 2.45) is 0 Å². The summed E-state index contributed by atoms with van der Waals surface area (Å²) in [6.45, 7) is 1.24. The van der Waals surface area contributed by atoms with Crippen molar-refractivity contribution in [1.82, 2.24) is 15.3 Å². The summed E-state index contributed by atoms with van der Waals surface area (Å²) in [5.41, 5.74) is 0.365. The Labute approximate surface area is 176 Å². The van der Waals surface area contributed by atoms with Gasteiger partial charge in [0.1, 0.15) is 5.82 Å². The van der Waals surface area contributed by atoms with Crippen molar-refractivity contribution in [3.05, 3.63) is 34.5 Å². The number of aromatic nitrogens is 2. The molecule has 1 saturated heterocycles. The third kappa shape index (κ3) is 5.03. The Kier molecular flexibility index (Phi) is 6.12. The molecule has 2 amide bonds. The molecule has 1 aliphatic heterocycles. The summed E-state index contributed by atoms with van der Waals surface area (Å²) in [6, 6.07) is 2.20. The highest BCUT2D eigenvalue weighted by molar-refractivity contribution is 7.15. The molecule has 2 aromatic rings. The van der Waals surface area contributed by atoms with E-state index in [1.54, 1.807) is 11.3 Å². The van der Waals surface area contributed by atoms with Gasteiger partial charge in [-0.05, 0) is 50.7 Å². The van der Waals surface area contributed by atoms with Crippen LogP contribution in [0.5, 0.6) is 0 Å². The number of hydrogen-bond acceptors (Lipinski definition) is 5. The third-order valence-corrected chi connectivity index (χ3v) is 6.62. The summed E-state index contributed by atoms with van der Waals surface area (Å²) >= 11 is 1.56. The van der Waals surface area contributed by atoms with Gasteiger partial charge in [0.2, 0.25) is 0 Å². The van der Waals surface area contributed by atoms with Gasteiger partial charge in [0, 0.05) is 30.2 Å². The molecule has 2 N–H and O–H groups in total. The fraction of sp³-hybridized carbons (Fsp3) is 0.550. The summed E-state index contributed by atoms with van der Waals surface area (Å²) in [6.07, 6.45) is 3.44. The molecule has 0 atom stereocenters. The van der Waals surface area contributed by atoms with E-state index in [4.69, 9.17) is 0 Å². The number of urea groups is 1. The average Bonchev–Trinajstić information content (AvgIpc) is 2.95. The summed E-state index contributed by atoms with van der Waals surface area (Å²) in [4.78, 5) is 24.1. The van der Waals surface area contributed by atoms with E-state index in [0.717, 1.165) is 37.2 Å². The number of rotatable bonds is 3. The fourth-order valence-corrected chi connectivity index (χ4v) is 4.94. The quantitative estimate of drug-likeness (QED) is 0.685. The number of piperidine rings is 1. The first-order valence-electron chi connectivity index (χ1n) is 10.2. The van der Waals surface area contributed by atoms with Crippen LogP contribution in [0, 0.1) is 0 Å². The number of pyridine rings is 1. The van der Waals surface area contributed by atoms with Crippen LogP contribution in [0.25, 0.3) is 0 Å². The Morgan fingerprint density at radius 3 is 2.60 bits per heavy atom. The zero-order chi connectivity index (χ0) is 21.1. The molecule has 0 aromatic carbocycles. The van der Waals surface area contributed by atoms with Crippen molar-refractivity contribution < 1.29 is 18.0 Å². The molecule has 162 valence electrons. The van der Waals surface area contributed by atoms with E-state index in [2.05, 4.69) is 20.6 Å². The number of anilines is 2. The third-order valence-electron chi connectivity index (χ3n) is 5.55. The van der Waals surface area contributed by atoms with Crippen LogP contribution < -0.4 is 15.5 Å². The van der Waals surface area contributed by atoms with Gasteiger partial charge in [0.15, 0.2) is 5.13 Å². The van der Waals surface area contributed by atoms with Crippen LogP contribution in [0.3, 0.4) is 0 Å². The van der Waals surface area contributed by atoms with Crippen LogP contribution >= 0.6 is 11.3 Å². The van der Waals surface area contributed by atoms with Crippen molar-refractivity contribution in [1.29, 1.82) is 0 Å². The highest BCUT2D eigenvalue weighted by Gasteiger charge is 2.31. The smallest absolute Gasteiger partial charge is 0.356 e. The van der Waals surface area contributed by atoms with Crippen molar-refractivity contribution >= 4 is 28.3 Å². The number of thiazole rings is 1. The maximum Gasteiger partial charge on any atom is 0.417 e. The number of hydrogen-bond donors (Lipinski definition) is 2. The van der Waals surface area contributed by atoms with Gasteiger partial charge in [-0.1, -0.05) is 6.42 Å². The van der Waals surface area contributed by atoms with Gasteiger partial charge in [-0.25, -0.2) is 14.8 Å². The number of halogens is 3. The normalized spacial score (nSPS) is 17.9. The van der Waals surface area contributed by atoms with Gasteiger partial charge >= 0.3 is 12.2 Å². The Bertz CT molecular complexity index is 852. The zero-order valence-electron chi connectivity index (χ0n) is 16.5. The SMILES string of the molecule is O=C(Nc1nc2c(s1)CCCCC2)NC1CCN(c2ccc(C(F)(F)F)cn2)CC1. The standard InChI is InChI=1S/C20H24F3N5OS/c21-20(22,23)13-6-7-17(24-12-13)28-10-8-14(9-11-28)25-18(29)27-19-26-15-4-2-1-3-5-16(15)30-19/h6-7,12,14H,1-5,8-11H2,(H2,25,26,27,29). The van der Waals surface area contributed by atoms with E-state index in [1.165, 1.54) is 23.8 Å². The van der Waals surface area contributed by atoms with Gasteiger partial charge in [-0.15, -0.1) is 11.3 Å². The highest BCUT2D eigenvalue weighted by atomic mass is 32.1. The van der Waals surface area contributed by atoms with Gasteiger partial charge in [0.25, 0.3) is 0 Å². The maximum atomic E-state index is 12.7. The molecular formula is C20H24F3N5OS. The molecule has 6 nitrogen and oxygen atoms in total. The Morgan fingerprint density at radius 1 is 1.13 bits per heavy atom. The predicted octanol–water partition coefficient (Wildman–Crippen LogP) is 4.62. The second-order valence-corrected chi connectivity index (χ2v) is 8.80. The molecule has 10 heteroatoms. The molecule has 0 spiro atoms. The first-order chi connectivity index (χ1) is 14.4. The number of nitrogens with one attached hydrogen (secondary N) is 2. The van der Waals surface area contributed by atoms with Crippen molar-refractivity contribution in [3.8, 4) is 0 Å². The summed E-state index contributed by atoms with van der Waals surface area (Å²) in [7, 11) is 0. The molecule has 3 heterocycles. The fourth-order valence-electron chi connectivity index (χ4n) is 3.89. The number of carbonyl (C=O) groups is 1. The van der Waals surface area contributed by atoms with Crippen LogP contribution in [0.4, 0.5) is 28.9 Å². The molecule has 1 fully saturated rings. The molecule has 30 heavy (non-hydrogen) atoms. The van der Waals surface area contributed by atoms with Crippen LogP contribution in [-0.4, -0.2) is 35.1 Å². The maximum absolute atomic E-state index is 12.7. The van der Waals surface area contributed by atoms with Crippen LogP contribution in [0.1, 0.15) is 48.2 Å². The number of nitrogens with zero attached hydrogens (tertiary/aromatic N) is 3. The lowest BCUT2D eigenvalue weighted by Gasteiger charge is -2.33. The minimum absolute atomic E-state index is 0.00786. The minimum Gasteiger partial charge on any atom is -0.356 e. The lowest BCUT2D eigenvalue weighted by Crippen LogP contribution is -2.46. The van der Waals surface area contributed by atoms with Crippen molar-refractivity contribution in [2.45, 2.75) is 57.2 Å². The van der Waals surface area contributed by atoms with E-state index < -0.39 is 11.7 Å². The highest BCUT2D eigenvalue weighted by Crippen LogP contribution is 2.30. The van der Waals surface area contributed by atoms with E-state index in [-0.39, 0.29) is 12.1 Å². The predicted molar refractivity (Wildman–Crippen MR) is 110 cm³/mol. The van der Waals surface area contributed by atoms with Crippen molar-refractivity contribution in [3.63, 3.8) is 0 Å². The van der Waals surface area contributed by atoms with Gasteiger partial charge in [0.05, 0.1) is 11.3 Å². The first-order valence-corrected chi connectivity index (χ1v) is 11.0. The number of amides is 2. The van der Waals surface area contributed by atoms with Crippen LogP contribution in [0.15, 0.2) is 18.3 Å². The molecule has 2 aliphatic rings. The topological polar surface area (TPSA) is 70.2 Å². The molecule has 1 aliphatic carbocycles. The monoisotopic (exact) mass is 439 g/mol. The first kappa shape index (κ1) is 20.9. The lowest BCUT2D eigenvalue weighted by atomic mass is 10.1. The number of fused-ring (bicyclic) bond motifs is 1. The molecule has 0 unspecified atom stereocenters. The molecule has 2 aromatic heterocycles. The average molecular weight is 440 g/mol. The largest absolute Gasteiger partial charge is 0.417 e. The molecule has 0 bridgehead atoms. The molecule has 0 saturated carbocycles. The van der Waals surface area contributed by atoms with Crippen molar-refractivity contribution in [2.75, 3.05) is 23.3 Å². The summed E-state index contributed by atoms with van der Waals surface area (Å²) in [5, 5.41) is 6.48. The number of alkyl halides is 3. The summed E-state index contributed by atoms with van der Waals surface area (Å²) < 4.78 is 38.0. The number of aryl methyl sites for hydroxylation is 2. The molecule has 4 rings (SSSR count). The van der Waals surface area contributed by atoms with Crippen LogP contribution in [0.2, 0.25) is 0 Å². The minimum atomic E-state index is -4.38. The summed E-state index contributed by atoms with van der Waals surface area (Å²) in [5.74, 6) is 0.523. The number of carbonyl (C=O) groups excluding carboxylic acids is 1. The van der Waals surface area contributed by atoms with Gasteiger partial charge in [-0.2, -0.15) is 13.2 Å². The van der Waals surface area contributed by atoms with E-state index in [9.17, 15) is 18.0 Å². The Morgan fingerprint density at radius 2 is 1.90 bits per heavy atom. The van der Waals surface area contributed by atoms with E-state index >= 15 is 0 Å².